The molecule has 0 radical (unpaired) electrons. The van der Waals surface area contributed by atoms with E-state index in [4.69, 9.17) is 9.47 Å². The molecule has 1 fully saturated rings. The summed E-state index contributed by atoms with van der Waals surface area (Å²) in [5, 5.41) is 21.5. The van der Waals surface area contributed by atoms with Crippen molar-refractivity contribution in [1.29, 1.82) is 0 Å². The molecule has 0 aliphatic carbocycles. The van der Waals surface area contributed by atoms with Gasteiger partial charge in [-0.05, 0) is 82.1 Å². The van der Waals surface area contributed by atoms with E-state index in [1.54, 1.807) is 12.4 Å². The van der Waals surface area contributed by atoms with Gasteiger partial charge in [0.2, 0.25) is 5.91 Å². The van der Waals surface area contributed by atoms with Crippen LogP contribution in [0.3, 0.4) is 0 Å². The number of ether oxygens (including phenoxy) is 2. The Bertz CT molecular complexity index is 1480. The molecule has 0 bridgehead atoms. The predicted molar refractivity (Wildman–Crippen MR) is 150 cm³/mol. The van der Waals surface area contributed by atoms with Crippen molar-refractivity contribution in [1.82, 2.24) is 20.1 Å². The van der Waals surface area contributed by atoms with E-state index in [9.17, 15) is 9.90 Å². The van der Waals surface area contributed by atoms with Gasteiger partial charge in [-0.1, -0.05) is 12.1 Å². The molecule has 1 amide bonds. The number of hydrogen-bond acceptors (Lipinski definition) is 7. The third-order valence-electron chi connectivity index (χ3n) is 6.73. The molecule has 5 rings (SSSR count). The summed E-state index contributed by atoms with van der Waals surface area (Å²) in [6.07, 6.45) is 5.38. The number of aryl methyl sites for hydroxylation is 1. The minimum atomic E-state index is -0.552. The van der Waals surface area contributed by atoms with E-state index in [0.717, 1.165) is 35.0 Å². The number of amides is 1. The van der Waals surface area contributed by atoms with E-state index in [1.807, 2.05) is 60.3 Å². The number of hydrogen-bond donors (Lipinski definition) is 3. The molecule has 4 aromatic rings. The minimum Gasteiger partial charge on any atom is -0.488 e. The van der Waals surface area contributed by atoms with Gasteiger partial charge in [-0.3, -0.25) is 14.5 Å². The Balaban J connectivity index is 1.28. The largest absolute Gasteiger partial charge is 0.488 e. The standard InChI is InChI=1S/C30H35N5O4/c1-19-13-20(14-29(37)34-21-16-33-35(18-21)30(2,3)4)5-8-26(19)39-27-10-12-32-24-7-6-22(15-23(24)27)38-28-9-11-31-17-25(28)36/h5-8,10,12-13,15-16,18,25,28,31,36H,9,11,14,17H2,1-4H3,(H,34,37). The number of piperidine rings is 1. The molecule has 39 heavy (non-hydrogen) atoms. The molecule has 0 saturated carbocycles. The van der Waals surface area contributed by atoms with E-state index >= 15 is 0 Å². The molecule has 3 heterocycles. The van der Waals surface area contributed by atoms with Gasteiger partial charge in [-0.2, -0.15) is 5.10 Å². The summed E-state index contributed by atoms with van der Waals surface area (Å²) in [5.74, 6) is 1.90. The van der Waals surface area contributed by atoms with Crippen LogP contribution >= 0.6 is 0 Å². The number of aliphatic hydroxyl groups excluding tert-OH is 1. The van der Waals surface area contributed by atoms with Crippen LogP contribution < -0.4 is 20.1 Å². The third kappa shape index (κ3) is 6.38. The topological polar surface area (TPSA) is 111 Å². The zero-order valence-corrected chi connectivity index (χ0v) is 22.8. The Hall–Kier alpha value is -3.95. The molecule has 2 aromatic carbocycles. The summed E-state index contributed by atoms with van der Waals surface area (Å²) in [4.78, 5) is 17.1. The monoisotopic (exact) mass is 529 g/mol. The number of β-amino-alcohol motifs (C(OH)–C–C–N with tert-alkyl or cyclic N) is 1. The average molecular weight is 530 g/mol. The number of fused-ring (bicyclic) bond motifs is 1. The van der Waals surface area contributed by atoms with Gasteiger partial charge >= 0.3 is 0 Å². The fourth-order valence-electron chi connectivity index (χ4n) is 4.59. The van der Waals surface area contributed by atoms with Crippen LogP contribution in [-0.4, -0.2) is 51.1 Å². The summed E-state index contributed by atoms with van der Waals surface area (Å²) in [6, 6.07) is 13.2. The van der Waals surface area contributed by atoms with Gasteiger partial charge in [0.25, 0.3) is 0 Å². The molecule has 2 atom stereocenters. The molecule has 0 spiro atoms. The van der Waals surface area contributed by atoms with E-state index in [2.05, 4.69) is 41.5 Å². The Morgan fingerprint density at radius 1 is 1.18 bits per heavy atom. The molecule has 204 valence electrons. The lowest BCUT2D eigenvalue weighted by Crippen LogP contribution is -2.46. The smallest absolute Gasteiger partial charge is 0.228 e. The van der Waals surface area contributed by atoms with Crippen molar-refractivity contribution in [3.8, 4) is 17.2 Å². The van der Waals surface area contributed by atoms with Gasteiger partial charge in [0.05, 0.1) is 29.4 Å². The van der Waals surface area contributed by atoms with Gasteiger partial charge < -0.3 is 25.2 Å². The summed E-state index contributed by atoms with van der Waals surface area (Å²) in [7, 11) is 0. The number of aliphatic hydroxyl groups is 1. The Kier molecular flexibility index (Phi) is 7.54. The molecule has 2 unspecified atom stereocenters. The first-order valence-corrected chi connectivity index (χ1v) is 13.2. The maximum Gasteiger partial charge on any atom is 0.228 e. The highest BCUT2D eigenvalue weighted by atomic mass is 16.5. The van der Waals surface area contributed by atoms with Crippen LogP contribution in [0.5, 0.6) is 17.2 Å². The van der Waals surface area contributed by atoms with E-state index in [-0.39, 0.29) is 24.0 Å². The Morgan fingerprint density at radius 2 is 2.03 bits per heavy atom. The molecule has 9 heteroatoms. The molecule has 1 aliphatic heterocycles. The fraction of sp³-hybridized carbons (Fsp3) is 0.367. The van der Waals surface area contributed by atoms with Crippen LogP contribution in [0.15, 0.2) is 61.1 Å². The van der Waals surface area contributed by atoms with Crippen molar-refractivity contribution >= 4 is 22.5 Å². The maximum absolute atomic E-state index is 12.7. The molecule has 1 aliphatic rings. The second-order valence-electron chi connectivity index (χ2n) is 11.0. The first kappa shape index (κ1) is 26.6. The average Bonchev–Trinajstić information content (AvgIpc) is 3.36. The zero-order chi connectivity index (χ0) is 27.6. The zero-order valence-electron chi connectivity index (χ0n) is 22.8. The van der Waals surface area contributed by atoms with Crippen LogP contribution in [0.25, 0.3) is 10.9 Å². The van der Waals surface area contributed by atoms with E-state index in [1.165, 1.54) is 0 Å². The highest BCUT2D eigenvalue weighted by molar-refractivity contribution is 5.92. The number of pyridine rings is 1. The van der Waals surface area contributed by atoms with Crippen molar-refractivity contribution in [2.75, 3.05) is 18.4 Å². The number of anilines is 1. The summed E-state index contributed by atoms with van der Waals surface area (Å²) in [6.45, 7) is 9.46. The van der Waals surface area contributed by atoms with Crippen molar-refractivity contribution in [3.05, 3.63) is 72.2 Å². The first-order valence-electron chi connectivity index (χ1n) is 13.2. The number of carbonyl (C=O) groups excluding carboxylic acids is 1. The van der Waals surface area contributed by atoms with Crippen LogP contribution in [-0.2, 0) is 16.8 Å². The quantitative estimate of drug-likeness (QED) is 0.322. The van der Waals surface area contributed by atoms with Crippen molar-refractivity contribution < 1.29 is 19.4 Å². The second-order valence-corrected chi connectivity index (χ2v) is 11.0. The maximum atomic E-state index is 12.7. The SMILES string of the molecule is Cc1cc(CC(=O)Nc2cnn(C(C)(C)C)c2)ccc1Oc1ccnc2ccc(OC3CCNCC3O)cc12. The van der Waals surface area contributed by atoms with Crippen LogP contribution in [0.4, 0.5) is 5.69 Å². The van der Waals surface area contributed by atoms with Crippen molar-refractivity contribution in [2.24, 2.45) is 0 Å². The molecule has 1 saturated heterocycles. The van der Waals surface area contributed by atoms with Gasteiger partial charge in [-0.25, -0.2) is 0 Å². The fourth-order valence-corrected chi connectivity index (χ4v) is 4.59. The Labute approximate surface area is 228 Å². The number of nitrogens with one attached hydrogen (secondary N) is 2. The molecule has 9 nitrogen and oxygen atoms in total. The molecule has 3 N–H and O–H groups in total. The number of rotatable bonds is 7. The summed E-state index contributed by atoms with van der Waals surface area (Å²) < 4.78 is 14.2. The normalized spacial score (nSPS) is 17.7. The van der Waals surface area contributed by atoms with E-state index in [0.29, 0.717) is 29.5 Å². The lowest BCUT2D eigenvalue weighted by atomic mass is 10.1. The van der Waals surface area contributed by atoms with Gasteiger partial charge in [0, 0.05) is 24.3 Å². The van der Waals surface area contributed by atoms with Crippen LogP contribution in [0.1, 0.15) is 38.3 Å². The van der Waals surface area contributed by atoms with Gasteiger partial charge in [0.15, 0.2) is 0 Å². The number of aromatic nitrogens is 3. The highest BCUT2D eigenvalue weighted by Crippen LogP contribution is 2.33. The minimum absolute atomic E-state index is 0.108. The molecular formula is C30H35N5O4. The van der Waals surface area contributed by atoms with Crippen LogP contribution in [0, 0.1) is 6.92 Å². The van der Waals surface area contributed by atoms with Crippen LogP contribution in [0.2, 0.25) is 0 Å². The molecule has 2 aromatic heterocycles. The Morgan fingerprint density at radius 3 is 2.77 bits per heavy atom. The number of nitrogens with zero attached hydrogens (tertiary/aromatic N) is 3. The lowest BCUT2D eigenvalue weighted by molar-refractivity contribution is -0.115. The first-order chi connectivity index (χ1) is 18.7. The van der Waals surface area contributed by atoms with Gasteiger partial charge in [0.1, 0.15) is 29.5 Å². The lowest BCUT2D eigenvalue weighted by Gasteiger charge is -2.29. The number of carbonyl (C=O) groups is 1. The molecular weight excluding hydrogens is 494 g/mol. The van der Waals surface area contributed by atoms with E-state index < -0.39 is 6.10 Å². The highest BCUT2D eigenvalue weighted by Gasteiger charge is 2.24. The van der Waals surface area contributed by atoms with Gasteiger partial charge in [-0.15, -0.1) is 0 Å². The summed E-state index contributed by atoms with van der Waals surface area (Å²) in [5.41, 5.74) is 3.10. The third-order valence-corrected chi connectivity index (χ3v) is 6.73. The summed E-state index contributed by atoms with van der Waals surface area (Å²) >= 11 is 0. The van der Waals surface area contributed by atoms with Crippen molar-refractivity contribution in [2.45, 2.75) is 58.3 Å². The second kappa shape index (κ2) is 11.0. The van der Waals surface area contributed by atoms with Crippen molar-refractivity contribution in [3.63, 3.8) is 0 Å². The predicted octanol–water partition coefficient (Wildman–Crippen LogP) is 4.57. The number of benzene rings is 2.